The zero-order valence-electron chi connectivity index (χ0n) is 17.1. The summed E-state index contributed by atoms with van der Waals surface area (Å²) >= 11 is 0. The average Bonchev–Trinajstić information content (AvgIpc) is 2.57. The molecule has 0 fully saturated rings. The van der Waals surface area contributed by atoms with E-state index in [0.29, 0.717) is 6.04 Å². The van der Waals surface area contributed by atoms with Crippen molar-refractivity contribution in [2.75, 3.05) is 11.6 Å². The van der Waals surface area contributed by atoms with Gasteiger partial charge in [0.15, 0.2) is 0 Å². The van der Waals surface area contributed by atoms with E-state index in [-0.39, 0.29) is 6.04 Å². The molecule has 2 atom stereocenters. The van der Waals surface area contributed by atoms with Crippen LogP contribution in [-0.4, -0.2) is 17.7 Å². The smallest absolute Gasteiger partial charge is 0.226 e. The fraction of sp³-hybridized carbons (Fsp3) is 0.500. The Hall–Kier alpha value is -2.07. The van der Waals surface area contributed by atoms with Crippen LogP contribution < -0.4 is 15.0 Å². The second kappa shape index (κ2) is 7.28. The van der Waals surface area contributed by atoms with E-state index in [1.54, 1.807) is 0 Å². The first kappa shape index (κ1) is 18.7. The molecule has 1 aromatic heterocycles. The zero-order chi connectivity index (χ0) is 19.0. The molecule has 0 spiro atoms. The fourth-order valence-electron chi connectivity index (χ4n) is 3.82. The number of rotatable bonds is 4. The summed E-state index contributed by atoms with van der Waals surface area (Å²) < 4.78 is 6.43. The molecule has 2 aromatic rings. The number of aryl methyl sites for hydroxylation is 4. The second-order valence-corrected chi connectivity index (χ2v) is 7.64. The highest BCUT2D eigenvalue weighted by atomic mass is 16.5. The highest BCUT2D eigenvalue weighted by Gasteiger charge is 2.29. The Labute approximate surface area is 157 Å². The van der Waals surface area contributed by atoms with E-state index >= 15 is 0 Å². The molecule has 4 heteroatoms. The van der Waals surface area contributed by atoms with Crippen molar-refractivity contribution < 1.29 is 4.74 Å². The van der Waals surface area contributed by atoms with E-state index in [9.17, 15) is 0 Å². The maximum atomic E-state index is 6.43. The van der Waals surface area contributed by atoms with Crippen LogP contribution in [0.4, 0.5) is 5.69 Å². The van der Waals surface area contributed by atoms with Gasteiger partial charge in [0.2, 0.25) is 5.88 Å². The number of nitrogens with one attached hydrogen (secondary N) is 1. The first-order valence-corrected chi connectivity index (χ1v) is 9.59. The number of aromatic nitrogens is 1. The minimum Gasteiger partial charge on any atom is -0.438 e. The van der Waals surface area contributed by atoms with Crippen LogP contribution in [0.3, 0.4) is 0 Å². The maximum absolute atomic E-state index is 6.43. The Morgan fingerprint density at radius 2 is 1.85 bits per heavy atom. The van der Waals surface area contributed by atoms with Crippen molar-refractivity contribution in [2.45, 2.75) is 67.0 Å². The lowest BCUT2D eigenvalue weighted by atomic mass is 10.0. The standard InChI is InChI=1S/C22H31N3O/c1-8-17(6)25-12-23-18(7)20-19(25)11-16(5)24-22(20)26-21-14(3)9-13(2)10-15(21)4/h9-11,17-18,23H,8,12H2,1-7H3. The first-order chi connectivity index (χ1) is 12.3. The molecule has 1 aliphatic rings. The Morgan fingerprint density at radius 1 is 1.19 bits per heavy atom. The molecule has 0 saturated carbocycles. The van der Waals surface area contributed by atoms with E-state index < -0.39 is 0 Å². The van der Waals surface area contributed by atoms with Crippen LogP contribution in [-0.2, 0) is 0 Å². The van der Waals surface area contributed by atoms with E-state index in [0.717, 1.165) is 47.1 Å². The van der Waals surface area contributed by atoms with Crippen LogP contribution in [0.5, 0.6) is 11.6 Å². The monoisotopic (exact) mass is 353 g/mol. The second-order valence-electron chi connectivity index (χ2n) is 7.64. The van der Waals surface area contributed by atoms with Crippen LogP contribution in [0.15, 0.2) is 18.2 Å². The quantitative estimate of drug-likeness (QED) is 0.805. The predicted molar refractivity (Wildman–Crippen MR) is 108 cm³/mol. The molecule has 0 radical (unpaired) electrons. The van der Waals surface area contributed by atoms with Crippen molar-refractivity contribution in [2.24, 2.45) is 0 Å². The zero-order valence-corrected chi connectivity index (χ0v) is 17.1. The van der Waals surface area contributed by atoms with Gasteiger partial charge in [0.25, 0.3) is 0 Å². The molecule has 0 aliphatic carbocycles. The Balaban J connectivity index is 2.11. The van der Waals surface area contributed by atoms with E-state index in [4.69, 9.17) is 9.72 Å². The van der Waals surface area contributed by atoms with Gasteiger partial charge in [-0.3, -0.25) is 5.32 Å². The number of nitrogens with zero attached hydrogens (tertiary/aromatic N) is 2. The Kier molecular flexibility index (Phi) is 5.24. The van der Waals surface area contributed by atoms with Gasteiger partial charge in [-0.1, -0.05) is 24.6 Å². The van der Waals surface area contributed by atoms with Crippen molar-refractivity contribution in [1.29, 1.82) is 0 Å². The summed E-state index contributed by atoms with van der Waals surface area (Å²) in [5, 5.41) is 3.59. The van der Waals surface area contributed by atoms with Crippen molar-refractivity contribution >= 4 is 5.69 Å². The number of hydrogen-bond donors (Lipinski definition) is 1. The molecule has 1 aliphatic heterocycles. The molecule has 2 unspecified atom stereocenters. The van der Waals surface area contributed by atoms with Gasteiger partial charge in [0, 0.05) is 23.5 Å². The number of pyridine rings is 1. The summed E-state index contributed by atoms with van der Waals surface area (Å²) in [6, 6.07) is 7.20. The number of hydrogen-bond acceptors (Lipinski definition) is 4. The lowest BCUT2D eigenvalue weighted by Gasteiger charge is -2.39. The summed E-state index contributed by atoms with van der Waals surface area (Å²) in [5.41, 5.74) is 6.94. The molecule has 0 amide bonds. The third-order valence-corrected chi connectivity index (χ3v) is 5.37. The first-order valence-electron chi connectivity index (χ1n) is 9.59. The minimum absolute atomic E-state index is 0.208. The Morgan fingerprint density at radius 3 is 2.46 bits per heavy atom. The molecule has 26 heavy (non-hydrogen) atoms. The number of fused-ring (bicyclic) bond motifs is 1. The number of ether oxygens (including phenoxy) is 1. The summed E-state index contributed by atoms with van der Waals surface area (Å²) in [7, 11) is 0. The summed E-state index contributed by atoms with van der Waals surface area (Å²) in [6.45, 7) is 15.9. The van der Waals surface area contributed by atoms with Crippen molar-refractivity contribution in [1.82, 2.24) is 10.3 Å². The van der Waals surface area contributed by atoms with Gasteiger partial charge in [-0.25, -0.2) is 4.98 Å². The molecular weight excluding hydrogens is 322 g/mol. The fourth-order valence-corrected chi connectivity index (χ4v) is 3.82. The van der Waals surface area contributed by atoms with Crippen molar-refractivity contribution in [3.8, 4) is 11.6 Å². The van der Waals surface area contributed by atoms with Crippen LogP contribution in [0.1, 0.15) is 61.2 Å². The van der Waals surface area contributed by atoms with Gasteiger partial charge in [0.1, 0.15) is 5.75 Å². The van der Waals surface area contributed by atoms with Crippen LogP contribution in [0.25, 0.3) is 0 Å². The molecule has 1 N–H and O–H groups in total. The lowest BCUT2D eigenvalue weighted by molar-refractivity contribution is 0.420. The van der Waals surface area contributed by atoms with Gasteiger partial charge in [-0.15, -0.1) is 0 Å². The van der Waals surface area contributed by atoms with E-state index in [1.807, 2.05) is 6.92 Å². The summed E-state index contributed by atoms with van der Waals surface area (Å²) in [6.07, 6.45) is 1.10. The van der Waals surface area contributed by atoms with Crippen molar-refractivity contribution in [3.05, 3.63) is 46.1 Å². The SMILES string of the molecule is CCC(C)N1CNC(C)c2c1cc(C)nc2Oc1c(C)cc(C)cc1C. The normalized spacial score (nSPS) is 17.8. The maximum Gasteiger partial charge on any atom is 0.226 e. The van der Waals surface area contributed by atoms with Crippen LogP contribution >= 0.6 is 0 Å². The summed E-state index contributed by atoms with van der Waals surface area (Å²) in [5.74, 6) is 1.65. The van der Waals surface area contributed by atoms with Gasteiger partial charge in [-0.2, -0.15) is 0 Å². The average molecular weight is 354 g/mol. The largest absolute Gasteiger partial charge is 0.438 e. The predicted octanol–water partition coefficient (Wildman–Crippen LogP) is 5.33. The van der Waals surface area contributed by atoms with Gasteiger partial charge in [-0.05, 0) is 65.2 Å². The number of benzene rings is 1. The highest BCUT2D eigenvalue weighted by Crippen LogP contribution is 2.40. The molecule has 2 heterocycles. The summed E-state index contributed by atoms with van der Waals surface area (Å²) in [4.78, 5) is 7.19. The third kappa shape index (κ3) is 3.43. The van der Waals surface area contributed by atoms with Gasteiger partial charge in [0.05, 0.1) is 12.2 Å². The van der Waals surface area contributed by atoms with E-state index in [1.165, 1.54) is 11.3 Å². The third-order valence-electron chi connectivity index (χ3n) is 5.37. The molecule has 3 rings (SSSR count). The topological polar surface area (TPSA) is 37.4 Å². The molecule has 1 aromatic carbocycles. The number of anilines is 1. The van der Waals surface area contributed by atoms with Crippen LogP contribution in [0.2, 0.25) is 0 Å². The van der Waals surface area contributed by atoms with Crippen molar-refractivity contribution in [3.63, 3.8) is 0 Å². The molecule has 0 bridgehead atoms. The lowest BCUT2D eigenvalue weighted by Crippen LogP contribution is -2.45. The van der Waals surface area contributed by atoms with Gasteiger partial charge >= 0.3 is 0 Å². The Bertz CT molecular complexity index is 792. The molecule has 140 valence electrons. The highest BCUT2D eigenvalue weighted by molar-refractivity contribution is 5.62. The van der Waals surface area contributed by atoms with Crippen LogP contribution in [0, 0.1) is 27.7 Å². The molecule has 0 saturated heterocycles. The molecule has 4 nitrogen and oxygen atoms in total. The molecular formula is C22H31N3O. The minimum atomic E-state index is 0.208. The van der Waals surface area contributed by atoms with Gasteiger partial charge < -0.3 is 9.64 Å². The van der Waals surface area contributed by atoms with E-state index in [2.05, 4.69) is 70.0 Å².